The molecule has 2 aliphatic rings. The van der Waals surface area contributed by atoms with Gasteiger partial charge in [-0.05, 0) is 182 Å². The van der Waals surface area contributed by atoms with Crippen LogP contribution in [0.15, 0.2) is 280 Å². The van der Waals surface area contributed by atoms with Gasteiger partial charge in [0.15, 0.2) is 0 Å². The Bertz CT molecular complexity index is 4290. The molecular formula is C86H76N10O4. The third-order valence-corrected chi connectivity index (χ3v) is 20.2. The minimum absolute atomic E-state index is 0.0381. The first kappa shape index (κ1) is 65.4. The number of pyridine rings is 6. The number of benzene rings is 6. The van der Waals surface area contributed by atoms with Crippen LogP contribution in [0.1, 0.15) is 61.5 Å². The largest absolute Gasteiger partial charge is 0.315 e. The third-order valence-electron chi connectivity index (χ3n) is 20.2. The second-order valence-electron chi connectivity index (χ2n) is 26.3. The molecule has 2 fully saturated rings. The lowest BCUT2D eigenvalue weighted by molar-refractivity contribution is -0.129. The fraction of sp³-hybridized carbons (Fsp3) is 0.186. The lowest BCUT2D eigenvalue weighted by Gasteiger charge is -2.37. The highest BCUT2D eigenvalue weighted by molar-refractivity contribution is 5.99. The summed E-state index contributed by atoms with van der Waals surface area (Å²) in [6.07, 6.45) is 13.9. The SMILES string of the molecule is CN(C(=O)C1CC(C(=O)N(C)c2ccc(-c3ccccn3)cc2)CC(c2ccccc2-c2ccc(-c3ccc(-c4ccccc4C4CC(C(=O)N(C)c5ccc(-c6ccccn6)cc5)CC(C(=O)N(C)c5ccc(-c6ccccn6)cc5)C4)cn3)nc2)C1)c1ccc(-c2ccccn2)cc1. The van der Waals surface area contributed by atoms with E-state index in [-0.39, 0.29) is 35.5 Å². The average molecular weight is 1310 g/mol. The number of hydrogen-bond acceptors (Lipinski definition) is 10. The quantitative estimate of drug-likeness (QED) is 0.0859. The van der Waals surface area contributed by atoms with E-state index >= 15 is 0 Å². The van der Waals surface area contributed by atoms with Crippen LogP contribution in [0.5, 0.6) is 0 Å². The highest BCUT2D eigenvalue weighted by atomic mass is 16.2. The Labute approximate surface area is 583 Å². The van der Waals surface area contributed by atoms with E-state index in [1.807, 2.05) is 247 Å². The Hall–Kier alpha value is -11.9. The van der Waals surface area contributed by atoms with Gasteiger partial charge in [-0.15, -0.1) is 0 Å². The van der Waals surface area contributed by atoms with Gasteiger partial charge >= 0.3 is 0 Å². The minimum atomic E-state index is -0.451. The van der Waals surface area contributed by atoms with Gasteiger partial charge in [0.1, 0.15) is 0 Å². The maximum atomic E-state index is 14.9. The Balaban J connectivity index is 0.712. The molecule has 0 saturated heterocycles. The lowest BCUT2D eigenvalue weighted by Crippen LogP contribution is -2.42. The van der Waals surface area contributed by atoms with Gasteiger partial charge in [0, 0.05) is 145 Å². The molecule has 6 aromatic carbocycles. The maximum Gasteiger partial charge on any atom is 0.229 e. The topological polar surface area (TPSA) is 159 Å². The first-order valence-corrected chi connectivity index (χ1v) is 34.2. The molecule has 2 saturated carbocycles. The van der Waals surface area contributed by atoms with Crippen molar-refractivity contribution < 1.29 is 19.2 Å². The standard InChI is InChI=1S/C86H76N10O4/c1-93(69-35-25-57(26-36-69)77-21-9-13-45-87-77)83(97)65-49-63(50-66(53-65)84(98)94(2)70-37-27-58(28-38-70)78-22-10-14-46-88-78)75-19-7-5-17-73(75)61-33-43-81(91-55-61)82-44-34-62(56-92-82)74-18-6-8-20-76(74)64-51-67(85(99)95(3)71-39-29-59(30-40-71)79-23-11-15-47-89-79)54-68(52-64)86(100)96(4)72-41-31-60(32-42-72)80-24-12-16-48-90-80/h5-48,55-56,63-68H,49-54H2,1-4H3. The second-order valence-corrected chi connectivity index (χ2v) is 26.3. The molecule has 6 aromatic heterocycles. The molecule has 0 radical (unpaired) electrons. The highest BCUT2D eigenvalue weighted by Crippen LogP contribution is 2.47. The predicted octanol–water partition coefficient (Wildman–Crippen LogP) is 17.4. The van der Waals surface area contributed by atoms with Crippen LogP contribution in [0.3, 0.4) is 0 Å². The Morgan fingerprint density at radius 3 is 0.750 bits per heavy atom. The van der Waals surface area contributed by atoms with E-state index in [1.54, 1.807) is 44.4 Å². The van der Waals surface area contributed by atoms with Gasteiger partial charge in [0.2, 0.25) is 23.6 Å². The summed E-state index contributed by atoms with van der Waals surface area (Å²) in [6, 6.07) is 79.6. The average Bonchev–Trinajstić information content (AvgIpc) is 0.787. The molecule has 2 aliphatic carbocycles. The molecule has 100 heavy (non-hydrogen) atoms. The van der Waals surface area contributed by atoms with Gasteiger partial charge in [-0.25, -0.2) is 0 Å². The van der Waals surface area contributed by atoms with Crippen LogP contribution in [0.25, 0.3) is 78.7 Å². The van der Waals surface area contributed by atoms with Crippen LogP contribution in [0.4, 0.5) is 22.7 Å². The van der Waals surface area contributed by atoms with E-state index in [1.165, 1.54) is 0 Å². The molecule has 0 spiro atoms. The van der Waals surface area contributed by atoms with Gasteiger partial charge in [0.25, 0.3) is 0 Å². The molecular weight excluding hydrogens is 1240 g/mol. The zero-order valence-corrected chi connectivity index (χ0v) is 56.4. The molecule has 0 aliphatic heterocycles. The van der Waals surface area contributed by atoms with Crippen molar-refractivity contribution in [2.24, 2.45) is 23.7 Å². The van der Waals surface area contributed by atoms with Crippen LogP contribution in [0, 0.1) is 23.7 Å². The Morgan fingerprint density at radius 2 is 0.510 bits per heavy atom. The first-order chi connectivity index (χ1) is 48.9. The van der Waals surface area contributed by atoms with Gasteiger partial charge in [-0.1, -0.05) is 133 Å². The van der Waals surface area contributed by atoms with Crippen LogP contribution in [-0.4, -0.2) is 81.7 Å². The molecule has 4 amide bonds. The fourth-order valence-electron chi connectivity index (χ4n) is 14.8. The molecule has 4 atom stereocenters. The summed E-state index contributed by atoms with van der Waals surface area (Å²) >= 11 is 0. The first-order valence-electron chi connectivity index (χ1n) is 34.2. The summed E-state index contributed by atoms with van der Waals surface area (Å²) in [5.74, 6) is -2.23. The molecule has 4 unspecified atom stereocenters. The molecule has 494 valence electrons. The van der Waals surface area contributed by atoms with Crippen LogP contribution in [-0.2, 0) is 19.2 Å². The van der Waals surface area contributed by atoms with Crippen molar-refractivity contribution >= 4 is 46.4 Å². The van der Waals surface area contributed by atoms with Gasteiger partial charge in [0.05, 0.1) is 34.2 Å². The van der Waals surface area contributed by atoms with Crippen molar-refractivity contribution in [3.05, 3.63) is 291 Å². The molecule has 14 rings (SSSR count). The number of rotatable bonds is 17. The summed E-state index contributed by atoms with van der Waals surface area (Å²) < 4.78 is 0. The number of nitrogens with zero attached hydrogens (tertiary/aromatic N) is 10. The molecule has 14 nitrogen and oxygen atoms in total. The molecule has 12 aromatic rings. The van der Waals surface area contributed by atoms with Crippen LogP contribution >= 0.6 is 0 Å². The third kappa shape index (κ3) is 14.1. The van der Waals surface area contributed by atoms with Crippen molar-refractivity contribution in [2.75, 3.05) is 47.8 Å². The monoisotopic (exact) mass is 1310 g/mol. The lowest BCUT2D eigenvalue weighted by atomic mass is 9.70. The van der Waals surface area contributed by atoms with Gasteiger partial charge in [-0.2, -0.15) is 0 Å². The number of hydrogen-bond donors (Lipinski definition) is 0. The van der Waals surface area contributed by atoms with Gasteiger partial charge in [-0.3, -0.25) is 49.1 Å². The fourth-order valence-corrected chi connectivity index (χ4v) is 14.8. The number of carbonyl (C=O) groups is 4. The number of anilines is 4. The number of amides is 4. The van der Waals surface area contributed by atoms with Crippen LogP contribution in [0.2, 0.25) is 0 Å². The smallest absolute Gasteiger partial charge is 0.229 e. The molecule has 0 bridgehead atoms. The van der Waals surface area contributed by atoms with E-state index in [4.69, 9.17) is 9.97 Å². The second kappa shape index (κ2) is 29.4. The highest BCUT2D eigenvalue weighted by Gasteiger charge is 2.42. The van der Waals surface area contributed by atoms with Crippen molar-refractivity contribution in [1.82, 2.24) is 29.9 Å². The Morgan fingerprint density at radius 1 is 0.260 bits per heavy atom. The zero-order valence-electron chi connectivity index (χ0n) is 56.4. The number of aromatic nitrogens is 6. The van der Waals surface area contributed by atoms with Crippen molar-refractivity contribution in [1.29, 1.82) is 0 Å². The predicted molar refractivity (Wildman–Crippen MR) is 398 cm³/mol. The number of carbonyl (C=O) groups excluding carboxylic acids is 4. The Kier molecular flexibility index (Phi) is 19.2. The summed E-state index contributed by atoms with van der Waals surface area (Å²) in [7, 11) is 7.30. The zero-order chi connectivity index (χ0) is 68.6. The molecule has 0 N–H and O–H groups in total. The molecule has 6 heterocycles. The summed E-state index contributed by atoms with van der Waals surface area (Å²) in [5.41, 5.74) is 17.6. The minimum Gasteiger partial charge on any atom is -0.315 e. The van der Waals surface area contributed by atoms with Crippen molar-refractivity contribution in [3.8, 4) is 78.7 Å². The van der Waals surface area contributed by atoms with E-state index in [9.17, 15) is 19.2 Å². The molecule has 14 heteroatoms. The van der Waals surface area contributed by atoms with E-state index in [2.05, 4.69) is 56.3 Å². The summed E-state index contributed by atoms with van der Waals surface area (Å²) in [4.78, 5) is 94.8. The van der Waals surface area contributed by atoms with E-state index in [0.29, 0.717) is 49.9 Å². The summed E-state index contributed by atoms with van der Waals surface area (Å²) in [6.45, 7) is 0. The maximum absolute atomic E-state index is 14.9. The van der Waals surface area contributed by atoms with Crippen LogP contribution < -0.4 is 19.6 Å². The van der Waals surface area contributed by atoms with E-state index < -0.39 is 23.7 Å². The van der Waals surface area contributed by atoms with E-state index in [0.717, 1.165) is 101 Å². The van der Waals surface area contributed by atoms with Crippen molar-refractivity contribution in [3.63, 3.8) is 0 Å². The van der Waals surface area contributed by atoms with Crippen molar-refractivity contribution in [2.45, 2.75) is 50.4 Å². The normalized spacial score (nSPS) is 17.3. The van der Waals surface area contributed by atoms with Gasteiger partial charge < -0.3 is 19.6 Å². The summed E-state index contributed by atoms with van der Waals surface area (Å²) in [5, 5.41) is 0.